The molecular formula is C28H45N3O3. The summed E-state index contributed by atoms with van der Waals surface area (Å²) in [6.45, 7) is 14.6. The highest BCUT2D eigenvalue weighted by atomic mass is 16.2. The summed E-state index contributed by atoms with van der Waals surface area (Å²) in [5.41, 5.74) is 0.767. The molecule has 0 bridgehead atoms. The van der Waals surface area contributed by atoms with Gasteiger partial charge in [-0.25, -0.2) is 0 Å². The van der Waals surface area contributed by atoms with Crippen molar-refractivity contribution in [3.8, 4) is 0 Å². The van der Waals surface area contributed by atoms with Crippen LogP contribution in [0, 0.1) is 29.1 Å². The molecule has 0 unspecified atom stereocenters. The average Bonchev–Trinajstić information content (AvgIpc) is 2.75. The number of amides is 3. The zero-order chi connectivity index (χ0) is 25.5. The van der Waals surface area contributed by atoms with E-state index in [1.54, 1.807) is 6.92 Å². The molecule has 6 nitrogen and oxygen atoms in total. The van der Waals surface area contributed by atoms with Crippen molar-refractivity contribution in [2.45, 2.75) is 86.2 Å². The average molecular weight is 472 g/mol. The summed E-state index contributed by atoms with van der Waals surface area (Å²) < 4.78 is 0. The van der Waals surface area contributed by atoms with Crippen LogP contribution in [0.5, 0.6) is 0 Å². The molecule has 0 radical (unpaired) electrons. The van der Waals surface area contributed by atoms with E-state index in [-0.39, 0.29) is 35.1 Å². The molecule has 1 aromatic rings. The minimum absolute atomic E-state index is 0.00600. The molecule has 3 amide bonds. The largest absolute Gasteiger partial charge is 0.353 e. The molecule has 1 aliphatic rings. The van der Waals surface area contributed by atoms with Gasteiger partial charge < -0.3 is 16.0 Å². The van der Waals surface area contributed by atoms with Gasteiger partial charge in [-0.1, -0.05) is 78.3 Å². The predicted octanol–water partition coefficient (Wildman–Crippen LogP) is 4.61. The third-order valence-electron chi connectivity index (χ3n) is 6.82. The van der Waals surface area contributed by atoms with Crippen LogP contribution < -0.4 is 16.0 Å². The molecule has 1 fully saturated rings. The van der Waals surface area contributed by atoms with Crippen LogP contribution in [0.4, 0.5) is 0 Å². The van der Waals surface area contributed by atoms with E-state index in [4.69, 9.17) is 0 Å². The van der Waals surface area contributed by atoms with E-state index in [0.29, 0.717) is 30.7 Å². The van der Waals surface area contributed by atoms with Gasteiger partial charge >= 0.3 is 0 Å². The fourth-order valence-corrected chi connectivity index (χ4v) is 4.91. The molecule has 1 aromatic carbocycles. The summed E-state index contributed by atoms with van der Waals surface area (Å²) in [5.74, 6) is 1.07. The maximum atomic E-state index is 13.2. The normalized spacial score (nSPS) is 22.5. The van der Waals surface area contributed by atoms with Crippen molar-refractivity contribution >= 4 is 17.7 Å². The molecule has 0 aliphatic heterocycles. The Bertz CT molecular complexity index is 816. The van der Waals surface area contributed by atoms with Gasteiger partial charge in [0.15, 0.2) is 0 Å². The van der Waals surface area contributed by atoms with Crippen LogP contribution in [0.1, 0.15) is 85.8 Å². The van der Waals surface area contributed by atoms with Crippen LogP contribution in [0.15, 0.2) is 30.3 Å². The number of nitrogens with one attached hydrogen (secondary N) is 3. The molecule has 0 aromatic heterocycles. The van der Waals surface area contributed by atoms with Crippen molar-refractivity contribution in [1.29, 1.82) is 0 Å². The third-order valence-corrected chi connectivity index (χ3v) is 6.82. The molecule has 1 aliphatic carbocycles. The zero-order valence-electron chi connectivity index (χ0n) is 22.1. The molecular weight excluding hydrogens is 426 g/mol. The maximum Gasteiger partial charge on any atom is 0.242 e. The highest BCUT2D eigenvalue weighted by Gasteiger charge is 2.35. The van der Waals surface area contributed by atoms with Crippen LogP contribution in [-0.2, 0) is 14.4 Å². The molecule has 1 saturated carbocycles. The van der Waals surface area contributed by atoms with Gasteiger partial charge in [0, 0.05) is 18.9 Å². The number of hydrogen-bond acceptors (Lipinski definition) is 3. The first kappa shape index (κ1) is 27.9. The molecule has 2 rings (SSSR count). The van der Waals surface area contributed by atoms with Crippen LogP contribution in [0.2, 0.25) is 0 Å². The molecule has 190 valence electrons. The van der Waals surface area contributed by atoms with E-state index >= 15 is 0 Å². The second-order valence-corrected chi connectivity index (χ2v) is 11.7. The van der Waals surface area contributed by atoms with Gasteiger partial charge in [0.2, 0.25) is 17.7 Å². The Kier molecular flexibility index (Phi) is 10.1. The predicted molar refractivity (Wildman–Crippen MR) is 137 cm³/mol. The summed E-state index contributed by atoms with van der Waals surface area (Å²) in [5, 5.41) is 8.96. The highest BCUT2D eigenvalue weighted by molar-refractivity contribution is 5.87. The molecule has 34 heavy (non-hydrogen) atoms. The minimum atomic E-state index is -0.665. The van der Waals surface area contributed by atoms with E-state index < -0.39 is 6.04 Å². The lowest BCUT2D eigenvalue weighted by Crippen LogP contribution is -2.49. The Hall–Kier alpha value is -2.37. The maximum absolute atomic E-state index is 13.2. The third kappa shape index (κ3) is 8.77. The summed E-state index contributed by atoms with van der Waals surface area (Å²) >= 11 is 0. The first-order chi connectivity index (χ1) is 15.9. The van der Waals surface area contributed by atoms with Gasteiger partial charge in [-0.15, -0.1) is 0 Å². The van der Waals surface area contributed by atoms with Crippen molar-refractivity contribution in [2.24, 2.45) is 29.1 Å². The first-order valence-electron chi connectivity index (χ1n) is 12.8. The van der Waals surface area contributed by atoms with E-state index in [9.17, 15) is 14.4 Å². The van der Waals surface area contributed by atoms with Crippen molar-refractivity contribution in [3.05, 3.63) is 35.9 Å². The molecule has 6 heteroatoms. The Labute approximate surface area is 206 Å². The topological polar surface area (TPSA) is 87.3 Å². The van der Waals surface area contributed by atoms with Gasteiger partial charge in [-0.3, -0.25) is 14.4 Å². The molecule has 0 heterocycles. The number of benzene rings is 1. The Morgan fingerprint density at radius 1 is 1.00 bits per heavy atom. The van der Waals surface area contributed by atoms with Gasteiger partial charge in [0.25, 0.3) is 0 Å². The van der Waals surface area contributed by atoms with Crippen LogP contribution in [0.25, 0.3) is 0 Å². The number of carbonyl (C=O) groups is 3. The molecule has 3 N–H and O–H groups in total. The van der Waals surface area contributed by atoms with Gasteiger partial charge in [-0.05, 0) is 48.5 Å². The second kappa shape index (κ2) is 12.4. The monoisotopic (exact) mass is 471 g/mol. The van der Waals surface area contributed by atoms with E-state index in [2.05, 4.69) is 36.7 Å². The Morgan fingerprint density at radius 2 is 1.65 bits per heavy atom. The number of carbonyl (C=O) groups excluding carboxylic acids is 3. The van der Waals surface area contributed by atoms with Crippen molar-refractivity contribution in [3.63, 3.8) is 0 Å². The van der Waals surface area contributed by atoms with Gasteiger partial charge in [-0.2, -0.15) is 0 Å². The van der Waals surface area contributed by atoms with Crippen molar-refractivity contribution in [2.75, 3.05) is 6.54 Å². The quantitative estimate of drug-likeness (QED) is 0.491. The van der Waals surface area contributed by atoms with Gasteiger partial charge in [0.05, 0.1) is 6.04 Å². The molecule has 0 spiro atoms. The summed E-state index contributed by atoms with van der Waals surface area (Å²) in [7, 11) is 0. The second-order valence-electron chi connectivity index (χ2n) is 11.7. The number of rotatable bonds is 9. The first-order valence-corrected chi connectivity index (χ1v) is 12.8. The fraction of sp³-hybridized carbons (Fsp3) is 0.679. The smallest absolute Gasteiger partial charge is 0.242 e. The van der Waals surface area contributed by atoms with Crippen molar-refractivity contribution in [1.82, 2.24) is 16.0 Å². The molecule has 5 atom stereocenters. The lowest BCUT2D eigenvalue weighted by Gasteiger charge is -2.36. The van der Waals surface area contributed by atoms with Crippen molar-refractivity contribution < 1.29 is 14.4 Å². The summed E-state index contributed by atoms with van der Waals surface area (Å²) in [6.07, 6.45) is 3.52. The SMILES string of the molecule is CC(C)[C@@H]1CC[C@@H](C)C[C@H]1C(=O)NC[C@H](NC(=O)[C@@H](C)NC(=O)CC(C)(C)C)c1ccccc1. The highest BCUT2D eigenvalue weighted by Crippen LogP contribution is 2.38. The zero-order valence-corrected chi connectivity index (χ0v) is 22.1. The van der Waals surface area contributed by atoms with Crippen LogP contribution >= 0.6 is 0 Å². The van der Waals surface area contributed by atoms with E-state index in [1.807, 2.05) is 51.1 Å². The van der Waals surface area contributed by atoms with Crippen LogP contribution in [0.3, 0.4) is 0 Å². The molecule has 0 saturated heterocycles. The standard InChI is InChI=1S/C28H45N3O3/c1-18(2)22-14-13-19(3)15-23(22)27(34)29-17-24(21-11-9-8-10-12-21)31-26(33)20(4)30-25(32)16-28(5,6)7/h8-12,18-20,22-24H,13-17H2,1-7H3,(H,29,34)(H,30,32)(H,31,33)/t19-,20-,22+,23-,24+/m1/s1. The minimum Gasteiger partial charge on any atom is -0.353 e. The fourth-order valence-electron chi connectivity index (χ4n) is 4.91. The summed E-state index contributed by atoms with van der Waals surface area (Å²) in [6, 6.07) is 8.61. The number of hydrogen-bond donors (Lipinski definition) is 3. The lowest BCUT2D eigenvalue weighted by atomic mass is 9.70. The van der Waals surface area contributed by atoms with E-state index in [0.717, 1.165) is 18.4 Å². The van der Waals surface area contributed by atoms with Gasteiger partial charge in [0.1, 0.15) is 6.04 Å². The van der Waals surface area contributed by atoms with E-state index in [1.165, 1.54) is 6.42 Å². The lowest BCUT2D eigenvalue weighted by molar-refractivity contribution is -0.130. The Balaban J connectivity index is 2.05. The van der Waals surface area contributed by atoms with Crippen LogP contribution in [-0.4, -0.2) is 30.3 Å². The Morgan fingerprint density at radius 3 is 2.24 bits per heavy atom. The summed E-state index contributed by atoms with van der Waals surface area (Å²) in [4.78, 5) is 38.4.